The first-order valence-corrected chi connectivity index (χ1v) is 9.97. The molecular weight excluding hydrogens is 388 g/mol. The van der Waals surface area contributed by atoms with Gasteiger partial charge < -0.3 is 14.8 Å². The third-order valence-corrected chi connectivity index (χ3v) is 6.25. The molecule has 0 unspecified atom stereocenters. The van der Waals surface area contributed by atoms with Gasteiger partial charge in [0, 0.05) is 17.8 Å². The summed E-state index contributed by atoms with van der Waals surface area (Å²) < 4.78 is 1.98. The number of amides is 1. The van der Waals surface area contributed by atoms with Crippen molar-refractivity contribution in [2.75, 3.05) is 14.2 Å². The van der Waals surface area contributed by atoms with Gasteiger partial charge in [0.2, 0.25) is 0 Å². The van der Waals surface area contributed by atoms with Gasteiger partial charge in [-0.25, -0.2) is 4.79 Å². The molecule has 0 aliphatic carbocycles. The van der Waals surface area contributed by atoms with Crippen molar-refractivity contribution in [1.29, 1.82) is 0 Å². The summed E-state index contributed by atoms with van der Waals surface area (Å²) in [6.45, 7) is 1.85. The van der Waals surface area contributed by atoms with Gasteiger partial charge in [-0.3, -0.25) is 4.79 Å². The standard InChI is InChI=1S/C22H20N2O4S/c1-13(23(2)22(26)27)14-7-9-15(10-8-14)16-5-4-6-18-19(16)17-11-12-29-20(17)21(25)24(18)28-3/h4-13H,1-3H3,(H,26,27)/t13-/m1/s1. The van der Waals surface area contributed by atoms with Crippen molar-refractivity contribution in [3.05, 3.63) is 69.8 Å². The molecule has 0 radical (unpaired) electrons. The number of pyridine rings is 1. The van der Waals surface area contributed by atoms with Crippen molar-refractivity contribution >= 4 is 38.4 Å². The fourth-order valence-electron chi connectivity index (χ4n) is 3.62. The normalized spacial score (nSPS) is 12.2. The topological polar surface area (TPSA) is 71.8 Å². The first-order valence-electron chi connectivity index (χ1n) is 9.09. The predicted octanol–water partition coefficient (Wildman–Crippen LogP) is 4.61. The highest BCUT2D eigenvalue weighted by atomic mass is 32.1. The van der Waals surface area contributed by atoms with Crippen molar-refractivity contribution in [2.24, 2.45) is 0 Å². The molecule has 0 bridgehead atoms. The van der Waals surface area contributed by atoms with E-state index >= 15 is 0 Å². The van der Waals surface area contributed by atoms with E-state index in [2.05, 4.69) is 0 Å². The van der Waals surface area contributed by atoms with E-state index in [0.717, 1.165) is 27.5 Å². The van der Waals surface area contributed by atoms with Crippen LogP contribution in [0.3, 0.4) is 0 Å². The number of carbonyl (C=O) groups is 1. The molecule has 4 aromatic rings. The molecule has 0 aliphatic rings. The van der Waals surface area contributed by atoms with Gasteiger partial charge in [-0.15, -0.1) is 16.1 Å². The van der Waals surface area contributed by atoms with Crippen LogP contribution in [0.4, 0.5) is 4.79 Å². The van der Waals surface area contributed by atoms with Crippen LogP contribution in [0.5, 0.6) is 0 Å². The maximum atomic E-state index is 12.7. The van der Waals surface area contributed by atoms with Gasteiger partial charge >= 0.3 is 11.7 Å². The molecule has 1 N–H and O–H groups in total. The lowest BCUT2D eigenvalue weighted by Crippen LogP contribution is -2.27. The number of thiophene rings is 1. The Morgan fingerprint density at radius 2 is 1.90 bits per heavy atom. The van der Waals surface area contributed by atoms with E-state index in [0.29, 0.717) is 10.2 Å². The Balaban J connectivity index is 1.90. The zero-order chi connectivity index (χ0) is 20.7. The molecular formula is C22H20N2O4S. The third-order valence-electron chi connectivity index (χ3n) is 5.34. The number of nitrogens with zero attached hydrogens (tertiary/aromatic N) is 2. The van der Waals surface area contributed by atoms with Crippen LogP contribution in [0.1, 0.15) is 18.5 Å². The highest BCUT2D eigenvalue weighted by molar-refractivity contribution is 7.17. The number of fused-ring (bicyclic) bond motifs is 3. The van der Waals surface area contributed by atoms with E-state index in [1.165, 1.54) is 28.1 Å². The summed E-state index contributed by atoms with van der Waals surface area (Å²) in [6, 6.07) is 15.4. The molecule has 0 saturated heterocycles. The van der Waals surface area contributed by atoms with E-state index in [9.17, 15) is 14.7 Å². The number of rotatable bonds is 4. The van der Waals surface area contributed by atoms with Crippen LogP contribution >= 0.6 is 11.3 Å². The van der Waals surface area contributed by atoms with Gasteiger partial charge in [0.25, 0.3) is 0 Å². The molecule has 6 nitrogen and oxygen atoms in total. The van der Waals surface area contributed by atoms with Crippen LogP contribution in [0, 0.1) is 0 Å². The van der Waals surface area contributed by atoms with Crippen LogP contribution in [-0.4, -0.2) is 35.0 Å². The van der Waals surface area contributed by atoms with Crippen LogP contribution in [0.2, 0.25) is 0 Å². The molecule has 0 spiro atoms. The highest BCUT2D eigenvalue weighted by Crippen LogP contribution is 2.35. The molecule has 0 aliphatic heterocycles. The van der Waals surface area contributed by atoms with E-state index < -0.39 is 6.09 Å². The molecule has 4 rings (SSSR count). The first-order chi connectivity index (χ1) is 13.9. The first kappa shape index (κ1) is 19.0. The van der Waals surface area contributed by atoms with E-state index in [-0.39, 0.29) is 11.6 Å². The Hall–Kier alpha value is -3.32. The summed E-state index contributed by atoms with van der Waals surface area (Å²) in [5.41, 5.74) is 3.43. The van der Waals surface area contributed by atoms with Gasteiger partial charge in [0.05, 0.1) is 11.6 Å². The Kier molecular flexibility index (Phi) is 4.76. The SMILES string of the molecule is COn1c(=O)c2sccc2c2c(-c3ccc([C@@H](C)N(C)C(=O)O)cc3)cccc21. The average molecular weight is 408 g/mol. The maximum absolute atomic E-state index is 12.7. The predicted molar refractivity (Wildman–Crippen MR) is 116 cm³/mol. The summed E-state index contributed by atoms with van der Waals surface area (Å²) in [5.74, 6) is 0. The van der Waals surface area contributed by atoms with Gasteiger partial charge in [-0.1, -0.05) is 36.4 Å². The maximum Gasteiger partial charge on any atom is 0.407 e. The van der Waals surface area contributed by atoms with Crippen LogP contribution in [0.25, 0.3) is 32.1 Å². The Labute approximate surface area is 171 Å². The van der Waals surface area contributed by atoms with Gasteiger partial charge in [0.15, 0.2) is 0 Å². The monoisotopic (exact) mass is 408 g/mol. The highest BCUT2D eigenvalue weighted by Gasteiger charge is 2.18. The minimum Gasteiger partial charge on any atom is -0.465 e. The Morgan fingerprint density at radius 3 is 2.55 bits per heavy atom. The number of benzene rings is 2. The van der Waals surface area contributed by atoms with Crippen molar-refractivity contribution in [3.63, 3.8) is 0 Å². The summed E-state index contributed by atoms with van der Waals surface area (Å²) in [7, 11) is 3.05. The van der Waals surface area contributed by atoms with Crippen molar-refractivity contribution < 1.29 is 14.7 Å². The second-order valence-electron chi connectivity index (χ2n) is 6.84. The molecule has 2 aromatic heterocycles. The van der Waals surface area contributed by atoms with E-state index in [4.69, 9.17) is 4.84 Å². The Morgan fingerprint density at radius 1 is 1.17 bits per heavy atom. The zero-order valence-electron chi connectivity index (χ0n) is 16.2. The molecule has 148 valence electrons. The van der Waals surface area contributed by atoms with Crippen LogP contribution in [-0.2, 0) is 0 Å². The fraction of sp³-hybridized carbons (Fsp3) is 0.182. The van der Waals surface area contributed by atoms with Crippen LogP contribution < -0.4 is 10.4 Å². The minimum atomic E-state index is -0.965. The summed E-state index contributed by atoms with van der Waals surface area (Å²) in [6.07, 6.45) is -0.965. The number of carboxylic acid groups (broad SMARTS) is 1. The lowest BCUT2D eigenvalue weighted by molar-refractivity contribution is 0.142. The molecule has 2 heterocycles. The minimum absolute atomic E-state index is 0.164. The second-order valence-corrected chi connectivity index (χ2v) is 7.75. The molecule has 1 amide bonds. The van der Waals surface area contributed by atoms with Crippen molar-refractivity contribution in [1.82, 2.24) is 9.63 Å². The lowest BCUT2D eigenvalue weighted by atomic mass is 9.96. The Bertz CT molecular complexity index is 1270. The van der Waals surface area contributed by atoms with E-state index in [1.54, 1.807) is 7.05 Å². The number of hydrogen-bond donors (Lipinski definition) is 1. The average Bonchev–Trinajstić information content (AvgIpc) is 3.23. The summed E-state index contributed by atoms with van der Waals surface area (Å²) in [4.78, 5) is 30.6. The second kappa shape index (κ2) is 7.25. The van der Waals surface area contributed by atoms with Gasteiger partial charge in [-0.2, -0.15) is 0 Å². The fourth-order valence-corrected chi connectivity index (χ4v) is 4.44. The van der Waals surface area contributed by atoms with E-state index in [1.807, 2.05) is 60.8 Å². The quantitative estimate of drug-likeness (QED) is 0.535. The number of aromatic nitrogens is 1. The lowest BCUT2D eigenvalue weighted by Gasteiger charge is -2.22. The summed E-state index contributed by atoms with van der Waals surface area (Å²) >= 11 is 1.40. The molecule has 7 heteroatoms. The zero-order valence-corrected chi connectivity index (χ0v) is 17.1. The molecule has 1 atom stereocenters. The van der Waals surface area contributed by atoms with Crippen molar-refractivity contribution in [3.8, 4) is 11.1 Å². The van der Waals surface area contributed by atoms with Crippen LogP contribution in [0.15, 0.2) is 58.7 Å². The molecule has 0 saturated carbocycles. The van der Waals surface area contributed by atoms with Gasteiger partial charge in [0.1, 0.15) is 11.8 Å². The molecule has 29 heavy (non-hydrogen) atoms. The van der Waals surface area contributed by atoms with Gasteiger partial charge in [-0.05, 0) is 41.1 Å². The largest absolute Gasteiger partial charge is 0.465 e. The van der Waals surface area contributed by atoms with Crippen molar-refractivity contribution in [2.45, 2.75) is 13.0 Å². The number of hydrogen-bond acceptors (Lipinski definition) is 4. The smallest absolute Gasteiger partial charge is 0.407 e. The summed E-state index contributed by atoms with van der Waals surface area (Å²) in [5, 5.41) is 13.0. The molecule has 2 aromatic carbocycles. The molecule has 0 fully saturated rings. The third kappa shape index (κ3) is 3.03.